The molecule has 2 aromatic rings. The number of aromatic nitrogens is 3. The molecule has 92 valence electrons. The largest absolute Gasteiger partial charge is 0.365 e. The third-order valence-corrected chi connectivity index (χ3v) is 2.33. The Labute approximate surface area is 107 Å². The smallest absolute Gasteiger partial charge is 0.124 e. The second kappa shape index (κ2) is 6.91. The van der Waals surface area contributed by atoms with E-state index >= 15 is 0 Å². The maximum atomic E-state index is 4.26. The molecule has 0 amide bonds. The summed E-state index contributed by atoms with van der Waals surface area (Å²) in [5, 5.41) is 7.58. The topological polar surface area (TPSA) is 42.7 Å². The summed E-state index contributed by atoms with van der Waals surface area (Å²) in [6.07, 6.45) is 4.71. The minimum atomic E-state index is 0. The average molecular weight is 253 g/mol. The van der Waals surface area contributed by atoms with Gasteiger partial charge in [-0.05, 0) is 18.6 Å². The highest BCUT2D eigenvalue weighted by Gasteiger charge is 2.00. The molecule has 4 nitrogen and oxygen atoms in total. The molecule has 5 heteroatoms. The van der Waals surface area contributed by atoms with Crippen molar-refractivity contribution in [2.24, 2.45) is 0 Å². The Morgan fingerprint density at radius 1 is 1.24 bits per heavy atom. The average Bonchev–Trinajstić information content (AvgIpc) is 2.76. The molecule has 0 aromatic carbocycles. The number of hydrogen-bond acceptors (Lipinski definition) is 3. The van der Waals surface area contributed by atoms with Crippen LogP contribution >= 0.6 is 12.4 Å². The van der Waals surface area contributed by atoms with Crippen LogP contribution in [-0.4, -0.2) is 14.8 Å². The molecule has 0 atom stereocenters. The van der Waals surface area contributed by atoms with Crippen molar-refractivity contribution in [3.63, 3.8) is 0 Å². The van der Waals surface area contributed by atoms with Crippen molar-refractivity contribution in [2.75, 3.05) is 5.32 Å². The summed E-state index contributed by atoms with van der Waals surface area (Å²) in [7, 11) is 0. The molecule has 2 heterocycles. The SMILES string of the molecule is CCCn1nccc1NCc1ccccn1.Cl. The number of rotatable bonds is 5. The lowest BCUT2D eigenvalue weighted by Crippen LogP contribution is -2.08. The number of nitrogens with one attached hydrogen (secondary N) is 1. The molecule has 17 heavy (non-hydrogen) atoms. The third-order valence-electron chi connectivity index (χ3n) is 2.33. The van der Waals surface area contributed by atoms with Gasteiger partial charge < -0.3 is 5.32 Å². The Morgan fingerprint density at radius 3 is 2.82 bits per heavy atom. The standard InChI is InChI=1S/C12H16N4.ClH/c1-2-9-16-12(6-8-15-16)14-10-11-5-3-4-7-13-11;/h3-8,14H,2,9-10H2,1H3;1H. The van der Waals surface area contributed by atoms with Crippen LogP contribution in [0.4, 0.5) is 5.82 Å². The van der Waals surface area contributed by atoms with E-state index in [-0.39, 0.29) is 12.4 Å². The van der Waals surface area contributed by atoms with Gasteiger partial charge in [-0.15, -0.1) is 12.4 Å². The predicted molar refractivity (Wildman–Crippen MR) is 71.3 cm³/mol. The number of aryl methyl sites for hydroxylation is 1. The monoisotopic (exact) mass is 252 g/mol. The van der Waals surface area contributed by atoms with Crippen LogP contribution in [0.2, 0.25) is 0 Å². The van der Waals surface area contributed by atoms with Gasteiger partial charge in [0.2, 0.25) is 0 Å². The second-order valence-corrected chi connectivity index (χ2v) is 3.61. The van der Waals surface area contributed by atoms with Crippen LogP contribution in [0.3, 0.4) is 0 Å². The van der Waals surface area contributed by atoms with Gasteiger partial charge in [-0.1, -0.05) is 13.0 Å². The van der Waals surface area contributed by atoms with E-state index in [1.807, 2.05) is 35.1 Å². The van der Waals surface area contributed by atoms with Gasteiger partial charge in [-0.2, -0.15) is 5.10 Å². The fourth-order valence-electron chi connectivity index (χ4n) is 1.56. The van der Waals surface area contributed by atoms with Gasteiger partial charge in [0.1, 0.15) is 5.82 Å². The molecular weight excluding hydrogens is 236 g/mol. The molecule has 2 rings (SSSR count). The summed E-state index contributed by atoms with van der Waals surface area (Å²) >= 11 is 0. The highest BCUT2D eigenvalue weighted by molar-refractivity contribution is 5.85. The van der Waals surface area contributed by atoms with Crippen molar-refractivity contribution in [2.45, 2.75) is 26.4 Å². The van der Waals surface area contributed by atoms with Crippen molar-refractivity contribution in [1.82, 2.24) is 14.8 Å². The van der Waals surface area contributed by atoms with E-state index in [9.17, 15) is 0 Å². The molecular formula is C12H17ClN4. The van der Waals surface area contributed by atoms with E-state index in [0.717, 1.165) is 31.0 Å². The van der Waals surface area contributed by atoms with E-state index in [4.69, 9.17) is 0 Å². The third kappa shape index (κ3) is 3.75. The summed E-state index contributed by atoms with van der Waals surface area (Å²) in [6.45, 7) is 3.82. The first-order valence-electron chi connectivity index (χ1n) is 5.55. The fourth-order valence-corrected chi connectivity index (χ4v) is 1.56. The van der Waals surface area contributed by atoms with Crippen molar-refractivity contribution in [1.29, 1.82) is 0 Å². The van der Waals surface area contributed by atoms with Gasteiger partial charge in [-0.25, -0.2) is 4.68 Å². The van der Waals surface area contributed by atoms with Crippen LogP contribution in [0.1, 0.15) is 19.0 Å². The number of nitrogens with zero attached hydrogens (tertiary/aromatic N) is 3. The van der Waals surface area contributed by atoms with Crippen LogP contribution in [0, 0.1) is 0 Å². The molecule has 0 aliphatic carbocycles. The molecule has 0 spiro atoms. The lowest BCUT2D eigenvalue weighted by Gasteiger charge is -2.08. The number of anilines is 1. The maximum Gasteiger partial charge on any atom is 0.124 e. The molecule has 0 bridgehead atoms. The Hall–Kier alpha value is -1.55. The van der Waals surface area contributed by atoms with Gasteiger partial charge >= 0.3 is 0 Å². The minimum Gasteiger partial charge on any atom is -0.365 e. The van der Waals surface area contributed by atoms with E-state index in [1.165, 1.54) is 0 Å². The second-order valence-electron chi connectivity index (χ2n) is 3.61. The first-order chi connectivity index (χ1) is 7.90. The number of hydrogen-bond donors (Lipinski definition) is 1. The Morgan fingerprint density at radius 2 is 2.12 bits per heavy atom. The zero-order valence-electron chi connectivity index (χ0n) is 9.84. The normalized spacial score (nSPS) is 9.71. The zero-order chi connectivity index (χ0) is 11.2. The Balaban J connectivity index is 0.00000144. The minimum absolute atomic E-state index is 0. The van der Waals surface area contributed by atoms with E-state index in [1.54, 1.807) is 6.20 Å². The lowest BCUT2D eigenvalue weighted by molar-refractivity contribution is 0.607. The number of pyridine rings is 1. The van der Waals surface area contributed by atoms with Crippen LogP contribution < -0.4 is 5.32 Å². The predicted octanol–water partition coefficient (Wildman–Crippen LogP) is 2.72. The summed E-state index contributed by atoms with van der Waals surface area (Å²) in [5.41, 5.74) is 1.03. The Bertz CT molecular complexity index is 427. The highest BCUT2D eigenvalue weighted by atomic mass is 35.5. The summed E-state index contributed by atoms with van der Waals surface area (Å²) in [6, 6.07) is 7.91. The van der Waals surface area contributed by atoms with Gasteiger partial charge in [-0.3, -0.25) is 4.98 Å². The van der Waals surface area contributed by atoms with Crippen LogP contribution in [0.5, 0.6) is 0 Å². The molecule has 2 aromatic heterocycles. The van der Waals surface area contributed by atoms with Gasteiger partial charge in [0.25, 0.3) is 0 Å². The molecule has 0 aliphatic heterocycles. The molecule has 0 saturated carbocycles. The van der Waals surface area contributed by atoms with Gasteiger partial charge in [0.15, 0.2) is 0 Å². The van der Waals surface area contributed by atoms with Gasteiger partial charge in [0, 0.05) is 18.8 Å². The van der Waals surface area contributed by atoms with Crippen molar-refractivity contribution in [3.05, 3.63) is 42.4 Å². The fraction of sp³-hybridized carbons (Fsp3) is 0.333. The summed E-state index contributed by atoms with van der Waals surface area (Å²) in [4.78, 5) is 4.26. The van der Waals surface area contributed by atoms with Crippen molar-refractivity contribution in [3.8, 4) is 0 Å². The molecule has 1 N–H and O–H groups in total. The van der Waals surface area contributed by atoms with Crippen LogP contribution in [-0.2, 0) is 13.1 Å². The van der Waals surface area contributed by atoms with Crippen LogP contribution in [0.15, 0.2) is 36.7 Å². The number of halogens is 1. The van der Waals surface area contributed by atoms with E-state index in [0.29, 0.717) is 0 Å². The van der Waals surface area contributed by atoms with Crippen molar-refractivity contribution < 1.29 is 0 Å². The summed E-state index contributed by atoms with van der Waals surface area (Å²) in [5.74, 6) is 1.05. The van der Waals surface area contributed by atoms with Gasteiger partial charge in [0.05, 0.1) is 18.4 Å². The molecule has 0 unspecified atom stereocenters. The lowest BCUT2D eigenvalue weighted by atomic mass is 10.3. The zero-order valence-corrected chi connectivity index (χ0v) is 10.7. The molecule has 0 saturated heterocycles. The highest BCUT2D eigenvalue weighted by Crippen LogP contribution is 2.08. The van der Waals surface area contributed by atoms with Crippen molar-refractivity contribution >= 4 is 18.2 Å². The maximum absolute atomic E-state index is 4.26. The molecule has 0 aliphatic rings. The van der Waals surface area contributed by atoms with E-state index in [2.05, 4.69) is 22.3 Å². The Kier molecular flexibility index (Phi) is 5.49. The molecule has 0 radical (unpaired) electrons. The first kappa shape index (κ1) is 13.5. The van der Waals surface area contributed by atoms with E-state index < -0.39 is 0 Å². The quantitative estimate of drug-likeness (QED) is 0.890. The summed E-state index contributed by atoms with van der Waals surface area (Å²) < 4.78 is 1.98. The molecule has 0 fully saturated rings. The first-order valence-corrected chi connectivity index (χ1v) is 5.55. The van der Waals surface area contributed by atoms with Crippen LogP contribution in [0.25, 0.3) is 0 Å².